The van der Waals surface area contributed by atoms with Gasteiger partial charge < -0.3 is 15.2 Å². The zero-order chi connectivity index (χ0) is 24.8. The molecular formula is C25H26ClF2NO5. The lowest BCUT2D eigenvalue weighted by molar-refractivity contribution is -0.143. The number of rotatable bonds is 9. The minimum absolute atomic E-state index is 0.0737. The van der Waals surface area contributed by atoms with Crippen LogP contribution in [-0.2, 0) is 4.79 Å². The van der Waals surface area contributed by atoms with Gasteiger partial charge in [-0.15, -0.1) is 0 Å². The highest BCUT2D eigenvalue weighted by molar-refractivity contribution is 6.31. The molecule has 2 aromatic rings. The second kappa shape index (κ2) is 11.4. The van der Waals surface area contributed by atoms with Crippen molar-refractivity contribution in [2.24, 2.45) is 5.92 Å². The average molecular weight is 494 g/mol. The van der Waals surface area contributed by atoms with Crippen molar-refractivity contribution in [2.75, 3.05) is 6.54 Å². The molecule has 2 aromatic carbocycles. The molecule has 0 radical (unpaired) electrons. The fourth-order valence-electron chi connectivity index (χ4n) is 3.92. The lowest BCUT2D eigenvalue weighted by Crippen LogP contribution is -2.28. The number of hydrogen-bond acceptors (Lipinski definition) is 4. The van der Waals surface area contributed by atoms with Gasteiger partial charge in [-0.1, -0.05) is 11.6 Å². The van der Waals surface area contributed by atoms with Gasteiger partial charge in [0.25, 0.3) is 5.91 Å². The van der Waals surface area contributed by atoms with Gasteiger partial charge in [-0.05, 0) is 74.9 Å². The van der Waals surface area contributed by atoms with Gasteiger partial charge in [-0.3, -0.25) is 14.4 Å². The van der Waals surface area contributed by atoms with Crippen molar-refractivity contribution < 1.29 is 33.0 Å². The molecule has 0 aromatic heterocycles. The molecule has 34 heavy (non-hydrogen) atoms. The maximum Gasteiger partial charge on any atom is 0.306 e. The fraction of sp³-hybridized carbons (Fsp3) is 0.400. The molecule has 9 heteroatoms. The van der Waals surface area contributed by atoms with Gasteiger partial charge >= 0.3 is 5.97 Å². The molecule has 0 atom stereocenters. The van der Waals surface area contributed by atoms with Crippen LogP contribution in [0.3, 0.4) is 0 Å². The first-order valence-electron chi connectivity index (χ1n) is 11.1. The highest BCUT2D eigenvalue weighted by Crippen LogP contribution is 2.30. The molecule has 0 spiro atoms. The molecule has 0 bridgehead atoms. The number of nitrogens with one attached hydrogen (secondary N) is 1. The van der Waals surface area contributed by atoms with Crippen LogP contribution in [0.5, 0.6) is 5.75 Å². The Labute approximate surface area is 201 Å². The number of Topliss-reactive ketones (excluding diaryl/α,β-unsaturated/α-hetero) is 1. The van der Waals surface area contributed by atoms with Crippen LogP contribution >= 0.6 is 11.6 Å². The van der Waals surface area contributed by atoms with E-state index in [1.54, 1.807) is 25.1 Å². The molecule has 0 aliphatic heterocycles. The van der Waals surface area contributed by atoms with Crippen LogP contribution in [0.1, 0.15) is 64.8 Å². The number of carboxylic acids is 1. The van der Waals surface area contributed by atoms with E-state index in [-0.39, 0.29) is 36.6 Å². The summed E-state index contributed by atoms with van der Waals surface area (Å²) in [5.74, 6) is -5.01. The highest BCUT2D eigenvalue weighted by Gasteiger charge is 2.28. The lowest BCUT2D eigenvalue weighted by Gasteiger charge is -2.27. The van der Waals surface area contributed by atoms with E-state index < -0.39 is 35.4 Å². The largest absolute Gasteiger partial charge is 0.487 e. The SMILES string of the molecule is Cc1cc(C(=O)NCCCC(=O)c2ccc(OC3CCC(C(=O)O)CC3)c(F)c2F)ccc1Cl. The van der Waals surface area contributed by atoms with Crippen LogP contribution in [0, 0.1) is 24.5 Å². The third-order valence-corrected chi connectivity index (χ3v) is 6.37. The molecule has 3 rings (SSSR count). The first-order chi connectivity index (χ1) is 16.2. The van der Waals surface area contributed by atoms with Gasteiger partial charge in [-0.25, -0.2) is 4.39 Å². The van der Waals surface area contributed by atoms with Crippen molar-refractivity contribution in [3.8, 4) is 5.75 Å². The van der Waals surface area contributed by atoms with Crippen LogP contribution in [0.25, 0.3) is 0 Å². The van der Waals surface area contributed by atoms with Gasteiger partial charge in [0.2, 0.25) is 5.82 Å². The summed E-state index contributed by atoms with van der Waals surface area (Å²) in [6.07, 6.45) is 1.46. The standard InChI is InChI=1S/C25H26ClF2NO5/c1-14-13-16(6-10-19(14)26)24(31)29-12-2-3-20(30)18-9-11-21(23(28)22(18)27)34-17-7-4-15(5-8-17)25(32)33/h6,9-11,13,15,17H,2-5,7-8,12H2,1H3,(H,29,31)(H,32,33). The summed E-state index contributed by atoms with van der Waals surface area (Å²) >= 11 is 5.95. The van der Waals surface area contributed by atoms with Crippen LogP contribution in [0.4, 0.5) is 8.78 Å². The zero-order valence-electron chi connectivity index (χ0n) is 18.7. The summed E-state index contributed by atoms with van der Waals surface area (Å²) < 4.78 is 34.6. The minimum Gasteiger partial charge on any atom is -0.487 e. The quantitative estimate of drug-likeness (QED) is 0.363. The molecule has 0 heterocycles. The molecule has 1 saturated carbocycles. The maximum atomic E-state index is 14.5. The van der Waals surface area contributed by atoms with E-state index in [4.69, 9.17) is 21.4 Å². The number of ketones is 1. The summed E-state index contributed by atoms with van der Waals surface area (Å²) in [5, 5.41) is 12.3. The van der Waals surface area contributed by atoms with Crippen molar-refractivity contribution in [3.05, 3.63) is 63.7 Å². The van der Waals surface area contributed by atoms with Crippen molar-refractivity contribution >= 4 is 29.3 Å². The molecule has 1 amide bonds. The molecule has 2 N–H and O–H groups in total. The molecule has 1 fully saturated rings. The summed E-state index contributed by atoms with van der Waals surface area (Å²) in [7, 11) is 0. The molecule has 1 aliphatic carbocycles. The third kappa shape index (κ3) is 6.32. The van der Waals surface area contributed by atoms with Gasteiger partial charge in [-0.2, -0.15) is 4.39 Å². The Balaban J connectivity index is 1.50. The predicted octanol–water partition coefficient (Wildman–Crippen LogP) is 5.34. The third-order valence-electron chi connectivity index (χ3n) is 5.95. The van der Waals surface area contributed by atoms with Crippen LogP contribution in [-0.4, -0.2) is 35.4 Å². The number of hydrogen-bond donors (Lipinski definition) is 2. The molecule has 182 valence electrons. The first-order valence-corrected chi connectivity index (χ1v) is 11.5. The van der Waals surface area contributed by atoms with Crippen molar-refractivity contribution in [2.45, 2.75) is 51.6 Å². The van der Waals surface area contributed by atoms with Crippen molar-refractivity contribution in [1.29, 1.82) is 0 Å². The molecule has 6 nitrogen and oxygen atoms in total. The van der Waals surface area contributed by atoms with E-state index in [2.05, 4.69) is 5.32 Å². The lowest BCUT2D eigenvalue weighted by atomic mass is 9.87. The second-order valence-electron chi connectivity index (χ2n) is 8.42. The normalized spacial score (nSPS) is 17.8. The number of carboxylic acid groups (broad SMARTS) is 1. The summed E-state index contributed by atoms with van der Waals surface area (Å²) in [6, 6.07) is 7.28. The number of aliphatic carboxylic acids is 1. The van der Waals surface area contributed by atoms with E-state index in [1.807, 2.05) is 0 Å². The van der Waals surface area contributed by atoms with E-state index in [9.17, 15) is 23.2 Å². The monoisotopic (exact) mass is 493 g/mol. The number of halogens is 3. The molecular weight excluding hydrogens is 468 g/mol. The number of amides is 1. The second-order valence-corrected chi connectivity index (χ2v) is 8.82. The highest BCUT2D eigenvalue weighted by atomic mass is 35.5. The van der Waals surface area contributed by atoms with Gasteiger partial charge in [0.1, 0.15) is 0 Å². The minimum atomic E-state index is -1.28. The van der Waals surface area contributed by atoms with Gasteiger partial charge in [0.05, 0.1) is 17.6 Å². The van der Waals surface area contributed by atoms with Gasteiger partial charge in [0.15, 0.2) is 17.3 Å². The Hall–Kier alpha value is -3.00. The summed E-state index contributed by atoms with van der Waals surface area (Å²) in [5.41, 5.74) is 0.829. The Bertz CT molecular complexity index is 1080. The number of carbonyl (C=O) groups is 3. The van der Waals surface area contributed by atoms with E-state index in [0.29, 0.717) is 36.3 Å². The van der Waals surface area contributed by atoms with Gasteiger partial charge in [0, 0.05) is 23.6 Å². The zero-order valence-corrected chi connectivity index (χ0v) is 19.5. The van der Waals surface area contributed by atoms with Crippen LogP contribution < -0.4 is 10.1 Å². The van der Waals surface area contributed by atoms with Crippen LogP contribution in [0.2, 0.25) is 5.02 Å². The van der Waals surface area contributed by atoms with Crippen molar-refractivity contribution in [3.63, 3.8) is 0 Å². The average Bonchev–Trinajstić information content (AvgIpc) is 2.81. The summed E-state index contributed by atoms with van der Waals surface area (Å²) in [6.45, 7) is 1.97. The Morgan fingerprint density at radius 2 is 1.79 bits per heavy atom. The number of carbonyl (C=O) groups excluding carboxylic acids is 2. The van der Waals surface area contributed by atoms with E-state index in [0.717, 1.165) is 5.56 Å². The first kappa shape index (κ1) is 25.6. The predicted molar refractivity (Wildman–Crippen MR) is 122 cm³/mol. The maximum absolute atomic E-state index is 14.5. The van der Waals surface area contributed by atoms with E-state index in [1.165, 1.54) is 12.1 Å². The smallest absolute Gasteiger partial charge is 0.306 e. The Morgan fingerprint density at radius 1 is 1.09 bits per heavy atom. The fourth-order valence-corrected chi connectivity index (χ4v) is 4.04. The topological polar surface area (TPSA) is 92.7 Å². The Kier molecular flexibility index (Phi) is 8.61. The number of benzene rings is 2. The summed E-state index contributed by atoms with van der Waals surface area (Å²) in [4.78, 5) is 35.6. The van der Waals surface area contributed by atoms with E-state index >= 15 is 0 Å². The number of aryl methyl sites for hydroxylation is 1. The van der Waals surface area contributed by atoms with Crippen molar-refractivity contribution in [1.82, 2.24) is 5.32 Å². The Morgan fingerprint density at radius 3 is 2.44 bits per heavy atom. The molecule has 1 aliphatic rings. The molecule has 0 saturated heterocycles. The molecule has 0 unspecified atom stereocenters. The van der Waals surface area contributed by atoms with Crippen LogP contribution in [0.15, 0.2) is 30.3 Å². The number of ether oxygens (including phenoxy) is 1.